The van der Waals surface area contributed by atoms with Gasteiger partial charge in [0.15, 0.2) is 0 Å². The Morgan fingerprint density at radius 3 is 2.62 bits per heavy atom. The van der Waals surface area contributed by atoms with Gasteiger partial charge in [-0.25, -0.2) is 0 Å². The minimum absolute atomic E-state index is 0.293. The van der Waals surface area contributed by atoms with E-state index in [1.165, 1.54) is 19.3 Å². The molecule has 0 spiro atoms. The fraction of sp³-hybridized carbons (Fsp3) is 1.00. The summed E-state index contributed by atoms with van der Waals surface area (Å²) in [6.07, 6.45) is 6.38. The first-order valence-corrected chi connectivity index (χ1v) is 5.57. The number of rotatable bonds is 4. The summed E-state index contributed by atoms with van der Waals surface area (Å²) in [7, 11) is 0. The molecule has 1 rings (SSSR count). The van der Waals surface area contributed by atoms with Crippen molar-refractivity contribution in [2.24, 2.45) is 11.7 Å². The largest absolute Gasteiger partial charge is 0.377 e. The molecule has 78 valence electrons. The van der Waals surface area contributed by atoms with Crippen molar-refractivity contribution in [3.63, 3.8) is 0 Å². The van der Waals surface area contributed by atoms with Crippen LogP contribution in [0.3, 0.4) is 0 Å². The SMILES string of the molecule is CC(C)CCOC1CCCCC1N. The molecule has 2 atom stereocenters. The second-order valence-corrected chi connectivity index (χ2v) is 4.54. The highest BCUT2D eigenvalue weighted by Crippen LogP contribution is 2.20. The maximum absolute atomic E-state index is 5.97. The van der Waals surface area contributed by atoms with Crippen LogP contribution in [0.5, 0.6) is 0 Å². The van der Waals surface area contributed by atoms with Crippen LogP contribution in [0, 0.1) is 5.92 Å². The van der Waals surface area contributed by atoms with Gasteiger partial charge in [0.25, 0.3) is 0 Å². The van der Waals surface area contributed by atoms with Gasteiger partial charge in [-0.05, 0) is 25.2 Å². The molecule has 1 saturated carbocycles. The Morgan fingerprint density at radius 2 is 2.00 bits per heavy atom. The van der Waals surface area contributed by atoms with Crippen molar-refractivity contribution in [2.45, 2.75) is 58.1 Å². The molecule has 2 heteroatoms. The Balaban J connectivity index is 2.11. The lowest BCUT2D eigenvalue weighted by Gasteiger charge is -2.28. The summed E-state index contributed by atoms with van der Waals surface area (Å²) < 4.78 is 5.78. The molecule has 0 aromatic rings. The fourth-order valence-electron chi connectivity index (χ4n) is 1.79. The van der Waals surface area contributed by atoms with Crippen molar-refractivity contribution >= 4 is 0 Å². The van der Waals surface area contributed by atoms with Gasteiger partial charge in [-0.1, -0.05) is 26.7 Å². The van der Waals surface area contributed by atoms with Gasteiger partial charge in [0.05, 0.1) is 6.10 Å². The van der Waals surface area contributed by atoms with Gasteiger partial charge in [0.2, 0.25) is 0 Å². The number of nitrogens with two attached hydrogens (primary N) is 1. The zero-order valence-corrected chi connectivity index (χ0v) is 8.96. The Morgan fingerprint density at radius 1 is 1.31 bits per heavy atom. The second kappa shape index (κ2) is 5.61. The van der Waals surface area contributed by atoms with E-state index in [-0.39, 0.29) is 0 Å². The lowest BCUT2D eigenvalue weighted by molar-refractivity contribution is 0.0102. The molecule has 0 amide bonds. The van der Waals surface area contributed by atoms with Crippen LogP contribution in [0.4, 0.5) is 0 Å². The summed E-state index contributed by atoms with van der Waals surface area (Å²) in [6.45, 7) is 5.34. The van der Waals surface area contributed by atoms with Gasteiger partial charge in [-0.2, -0.15) is 0 Å². The Bertz CT molecular complexity index is 136. The van der Waals surface area contributed by atoms with Crippen molar-refractivity contribution < 1.29 is 4.74 Å². The van der Waals surface area contributed by atoms with E-state index in [4.69, 9.17) is 10.5 Å². The van der Waals surface area contributed by atoms with Crippen molar-refractivity contribution in [3.8, 4) is 0 Å². The maximum Gasteiger partial charge on any atom is 0.0725 e. The molecule has 0 aromatic carbocycles. The molecule has 1 aliphatic rings. The standard InChI is InChI=1S/C11H23NO/c1-9(2)7-8-13-11-6-4-3-5-10(11)12/h9-11H,3-8,12H2,1-2H3. The third-order valence-electron chi connectivity index (χ3n) is 2.78. The van der Waals surface area contributed by atoms with Crippen LogP contribution in [0.25, 0.3) is 0 Å². The van der Waals surface area contributed by atoms with Crippen LogP contribution in [-0.4, -0.2) is 18.8 Å². The fourth-order valence-corrected chi connectivity index (χ4v) is 1.79. The van der Waals surface area contributed by atoms with Gasteiger partial charge in [0, 0.05) is 12.6 Å². The topological polar surface area (TPSA) is 35.2 Å². The van der Waals surface area contributed by atoms with Crippen LogP contribution < -0.4 is 5.73 Å². The van der Waals surface area contributed by atoms with E-state index in [2.05, 4.69) is 13.8 Å². The van der Waals surface area contributed by atoms with Crippen LogP contribution in [-0.2, 0) is 4.74 Å². The molecule has 0 aromatic heterocycles. The number of ether oxygens (including phenoxy) is 1. The van der Waals surface area contributed by atoms with E-state index >= 15 is 0 Å². The average molecular weight is 185 g/mol. The summed E-state index contributed by atoms with van der Waals surface area (Å²) in [4.78, 5) is 0. The van der Waals surface area contributed by atoms with Crippen LogP contribution in [0.1, 0.15) is 46.0 Å². The molecule has 0 radical (unpaired) electrons. The quantitative estimate of drug-likeness (QED) is 0.729. The first kappa shape index (κ1) is 11.0. The van der Waals surface area contributed by atoms with E-state index in [9.17, 15) is 0 Å². The first-order chi connectivity index (χ1) is 6.20. The predicted octanol–water partition coefficient (Wildman–Crippen LogP) is 2.32. The lowest BCUT2D eigenvalue weighted by Crippen LogP contribution is -2.39. The summed E-state index contributed by atoms with van der Waals surface area (Å²) in [6, 6.07) is 0.293. The summed E-state index contributed by atoms with van der Waals surface area (Å²) in [5.74, 6) is 0.736. The van der Waals surface area contributed by atoms with Crippen molar-refractivity contribution in [3.05, 3.63) is 0 Å². The smallest absolute Gasteiger partial charge is 0.0725 e. The van der Waals surface area contributed by atoms with E-state index in [1.54, 1.807) is 0 Å². The molecular weight excluding hydrogens is 162 g/mol. The number of hydrogen-bond donors (Lipinski definition) is 1. The highest BCUT2D eigenvalue weighted by molar-refractivity contribution is 4.78. The van der Waals surface area contributed by atoms with Crippen molar-refractivity contribution in [1.82, 2.24) is 0 Å². The summed E-state index contributed by atoms with van der Waals surface area (Å²) >= 11 is 0. The Labute approximate surface area is 81.8 Å². The van der Waals surface area contributed by atoms with E-state index < -0.39 is 0 Å². The zero-order valence-electron chi connectivity index (χ0n) is 8.96. The van der Waals surface area contributed by atoms with E-state index in [0.29, 0.717) is 12.1 Å². The van der Waals surface area contributed by atoms with E-state index in [0.717, 1.165) is 25.4 Å². The maximum atomic E-state index is 5.97. The third-order valence-corrected chi connectivity index (χ3v) is 2.78. The van der Waals surface area contributed by atoms with E-state index in [1.807, 2.05) is 0 Å². The van der Waals surface area contributed by atoms with Crippen LogP contribution >= 0.6 is 0 Å². The summed E-state index contributed by atoms with van der Waals surface area (Å²) in [5.41, 5.74) is 5.97. The third kappa shape index (κ3) is 4.10. The first-order valence-electron chi connectivity index (χ1n) is 5.57. The molecule has 0 bridgehead atoms. The summed E-state index contributed by atoms with van der Waals surface area (Å²) in [5, 5.41) is 0. The molecule has 1 aliphatic carbocycles. The average Bonchev–Trinajstić information content (AvgIpc) is 2.08. The normalized spacial score (nSPS) is 29.5. The van der Waals surface area contributed by atoms with Crippen molar-refractivity contribution in [2.75, 3.05) is 6.61 Å². The van der Waals surface area contributed by atoms with Crippen LogP contribution in [0.15, 0.2) is 0 Å². The monoisotopic (exact) mass is 185 g/mol. The molecule has 0 heterocycles. The Hall–Kier alpha value is -0.0800. The molecule has 1 fully saturated rings. The molecular formula is C11H23NO. The van der Waals surface area contributed by atoms with Gasteiger partial charge in [-0.3, -0.25) is 0 Å². The highest BCUT2D eigenvalue weighted by atomic mass is 16.5. The second-order valence-electron chi connectivity index (χ2n) is 4.54. The van der Waals surface area contributed by atoms with Gasteiger partial charge in [-0.15, -0.1) is 0 Å². The minimum Gasteiger partial charge on any atom is -0.377 e. The van der Waals surface area contributed by atoms with Crippen LogP contribution in [0.2, 0.25) is 0 Å². The molecule has 2 N–H and O–H groups in total. The lowest BCUT2D eigenvalue weighted by atomic mass is 9.93. The predicted molar refractivity (Wildman–Crippen MR) is 55.6 cm³/mol. The molecule has 2 unspecified atom stereocenters. The molecule has 0 aliphatic heterocycles. The Kier molecular flexibility index (Phi) is 4.74. The molecule has 2 nitrogen and oxygen atoms in total. The molecule has 13 heavy (non-hydrogen) atoms. The van der Waals surface area contributed by atoms with Gasteiger partial charge in [0.1, 0.15) is 0 Å². The number of hydrogen-bond acceptors (Lipinski definition) is 2. The van der Waals surface area contributed by atoms with Gasteiger partial charge < -0.3 is 10.5 Å². The molecule has 0 saturated heterocycles. The minimum atomic E-state index is 0.293. The highest BCUT2D eigenvalue weighted by Gasteiger charge is 2.21. The van der Waals surface area contributed by atoms with Gasteiger partial charge >= 0.3 is 0 Å². The van der Waals surface area contributed by atoms with Crippen molar-refractivity contribution in [1.29, 1.82) is 0 Å². The zero-order chi connectivity index (χ0) is 9.68.